The summed E-state index contributed by atoms with van der Waals surface area (Å²) >= 11 is 0. The summed E-state index contributed by atoms with van der Waals surface area (Å²) in [6.07, 6.45) is 6.96. The third-order valence-corrected chi connectivity index (χ3v) is 8.38. The van der Waals surface area contributed by atoms with E-state index >= 15 is 0 Å². The molecule has 2 atom stereocenters. The molecule has 1 aliphatic heterocycles. The maximum Gasteiger partial charge on any atom is 0.203 e. The molecule has 10 heteroatoms. The van der Waals surface area contributed by atoms with Crippen LogP contribution in [0.4, 0.5) is 26.0 Å². The van der Waals surface area contributed by atoms with Crippen molar-refractivity contribution in [3.05, 3.63) is 84.2 Å². The monoisotopic (exact) mass is 599 g/mol. The molecule has 0 radical (unpaired) electrons. The molecule has 228 valence electrons. The number of nitrogens with zero attached hydrogens (tertiary/aromatic N) is 4. The lowest BCUT2D eigenvalue weighted by atomic mass is 9.97. The number of hydrogen-bond donors (Lipinski definition) is 2. The number of anilines is 3. The van der Waals surface area contributed by atoms with Crippen LogP contribution in [0.2, 0.25) is 0 Å². The molecule has 5 aromatic rings. The molecule has 6 rings (SSSR count). The fourth-order valence-electron chi connectivity index (χ4n) is 6.18. The molecule has 1 aliphatic rings. The second-order valence-corrected chi connectivity index (χ2v) is 11.2. The number of aromatic hydroxyl groups is 1. The van der Waals surface area contributed by atoms with Crippen molar-refractivity contribution in [2.75, 3.05) is 24.4 Å². The van der Waals surface area contributed by atoms with Crippen LogP contribution in [0.1, 0.15) is 38.7 Å². The van der Waals surface area contributed by atoms with E-state index in [2.05, 4.69) is 34.0 Å². The number of methoxy groups -OCH3 is 2. The number of nitrogens with one attached hydrogen (secondary N) is 1. The first-order valence-corrected chi connectivity index (χ1v) is 14.7. The van der Waals surface area contributed by atoms with Gasteiger partial charge in [-0.3, -0.25) is 0 Å². The van der Waals surface area contributed by atoms with E-state index in [1.807, 2.05) is 30.5 Å². The van der Waals surface area contributed by atoms with Gasteiger partial charge >= 0.3 is 0 Å². The van der Waals surface area contributed by atoms with Crippen LogP contribution in [-0.4, -0.2) is 45.9 Å². The summed E-state index contributed by atoms with van der Waals surface area (Å²) in [4.78, 5) is 11.6. The minimum atomic E-state index is -0.735. The SMILES string of the molecule is COc1ccc(Cn2cc3nc(-c4c(F)cccc4F)cc(Nc4ccc(N5C(C)CCCC5C)cn4)c3c2O)c(OC)c1. The molecule has 44 heavy (non-hydrogen) atoms. The predicted octanol–water partition coefficient (Wildman–Crippen LogP) is 7.66. The Kier molecular flexibility index (Phi) is 7.99. The summed E-state index contributed by atoms with van der Waals surface area (Å²) in [5.74, 6) is 0.204. The first kappa shape index (κ1) is 29.2. The Bertz CT molecular complexity index is 1780. The molecular formula is C34H35F2N5O3. The average Bonchev–Trinajstić information content (AvgIpc) is 3.32. The number of aromatic nitrogens is 3. The predicted molar refractivity (Wildman–Crippen MR) is 168 cm³/mol. The molecule has 1 fully saturated rings. The lowest BCUT2D eigenvalue weighted by Gasteiger charge is -2.40. The summed E-state index contributed by atoms with van der Waals surface area (Å²) in [5.41, 5.74) is 2.42. The first-order valence-electron chi connectivity index (χ1n) is 14.7. The van der Waals surface area contributed by atoms with Crippen LogP contribution in [0.25, 0.3) is 22.2 Å². The van der Waals surface area contributed by atoms with Gasteiger partial charge in [-0.05, 0) is 75.6 Å². The number of ether oxygens (including phenoxy) is 2. The molecule has 0 saturated carbocycles. The zero-order chi connectivity index (χ0) is 31.0. The van der Waals surface area contributed by atoms with Crippen molar-refractivity contribution < 1.29 is 23.4 Å². The molecule has 2 N–H and O–H groups in total. The van der Waals surface area contributed by atoms with E-state index < -0.39 is 11.6 Å². The van der Waals surface area contributed by atoms with Crippen molar-refractivity contribution >= 4 is 28.1 Å². The largest absolute Gasteiger partial charge is 0.497 e. The normalized spacial score (nSPS) is 16.7. The van der Waals surface area contributed by atoms with Crippen LogP contribution in [0.5, 0.6) is 17.4 Å². The lowest BCUT2D eigenvalue weighted by molar-refractivity contribution is 0.387. The smallest absolute Gasteiger partial charge is 0.203 e. The van der Waals surface area contributed by atoms with E-state index in [0.29, 0.717) is 46.0 Å². The van der Waals surface area contributed by atoms with Gasteiger partial charge in [0.15, 0.2) is 0 Å². The van der Waals surface area contributed by atoms with Crippen LogP contribution in [-0.2, 0) is 6.54 Å². The Balaban J connectivity index is 1.42. The maximum absolute atomic E-state index is 14.9. The van der Waals surface area contributed by atoms with Gasteiger partial charge in [0.05, 0.1) is 60.5 Å². The van der Waals surface area contributed by atoms with Crippen molar-refractivity contribution in [1.29, 1.82) is 0 Å². The Hall–Kier alpha value is -4.86. The number of piperidine rings is 1. The molecule has 0 aliphatic carbocycles. The third kappa shape index (κ3) is 5.47. The summed E-state index contributed by atoms with van der Waals surface area (Å²) in [6, 6.07) is 15.4. The Labute approximate surface area is 254 Å². The van der Waals surface area contributed by atoms with Gasteiger partial charge in [-0.2, -0.15) is 0 Å². The van der Waals surface area contributed by atoms with E-state index in [0.717, 1.165) is 24.1 Å². The number of halogens is 2. The van der Waals surface area contributed by atoms with Gasteiger partial charge in [0.1, 0.15) is 29.0 Å². The van der Waals surface area contributed by atoms with E-state index in [-0.39, 0.29) is 23.7 Å². The lowest BCUT2D eigenvalue weighted by Crippen LogP contribution is -2.43. The molecule has 0 bridgehead atoms. The second kappa shape index (κ2) is 12.0. The fraction of sp³-hybridized carbons (Fsp3) is 0.294. The highest BCUT2D eigenvalue weighted by molar-refractivity contribution is 5.99. The number of benzene rings is 2. The zero-order valence-corrected chi connectivity index (χ0v) is 25.1. The third-order valence-electron chi connectivity index (χ3n) is 8.38. The van der Waals surface area contributed by atoms with Crippen molar-refractivity contribution in [1.82, 2.24) is 14.5 Å². The van der Waals surface area contributed by atoms with Crippen LogP contribution < -0.4 is 19.7 Å². The number of hydrogen-bond acceptors (Lipinski definition) is 7. The highest BCUT2D eigenvalue weighted by Crippen LogP contribution is 2.39. The van der Waals surface area contributed by atoms with E-state index in [9.17, 15) is 13.9 Å². The molecule has 0 spiro atoms. The van der Waals surface area contributed by atoms with E-state index in [1.165, 1.54) is 30.7 Å². The van der Waals surface area contributed by atoms with E-state index in [4.69, 9.17) is 9.47 Å². The molecular weight excluding hydrogens is 564 g/mol. The Morgan fingerprint density at radius 1 is 0.977 bits per heavy atom. The Morgan fingerprint density at radius 2 is 1.73 bits per heavy atom. The van der Waals surface area contributed by atoms with Gasteiger partial charge in [0, 0.05) is 29.9 Å². The summed E-state index contributed by atoms with van der Waals surface area (Å²) < 4.78 is 42.3. The van der Waals surface area contributed by atoms with Gasteiger partial charge in [-0.1, -0.05) is 6.07 Å². The number of rotatable bonds is 8. The molecule has 8 nitrogen and oxygen atoms in total. The van der Waals surface area contributed by atoms with Crippen molar-refractivity contribution in [2.24, 2.45) is 0 Å². The topological polar surface area (TPSA) is 84.7 Å². The molecule has 4 heterocycles. The van der Waals surface area contributed by atoms with Gasteiger partial charge in [-0.15, -0.1) is 0 Å². The number of pyridine rings is 2. The van der Waals surface area contributed by atoms with Gasteiger partial charge < -0.3 is 29.4 Å². The molecule has 3 aromatic heterocycles. The second-order valence-electron chi connectivity index (χ2n) is 11.2. The quantitative estimate of drug-likeness (QED) is 0.189. The standard InChI is InChI=1S/C34H35F2N5O3/c1-20-7-5-8-21(2)41(20)23-12-14-31(37-17-23)39-28-16-27(32-25(35)9-6-10-26(32)36)38-29-19-40(34(42)33(28)29)18-22-11-13-24(43-3)15-30(22)44-4/h6,9-17,19-21,42H,5,7-8,18H2,1-4H3,(H,37,39). The minimum Gasteiger partial charge on any atom is -0.497 e. The maximum atomic E-state index is 14.9. The van der Waals surface area contributed by atoms with Crippen molar-refractivity contribution in [3.8, 4) is 28.6 Å². The summed E-state index contributed by atoms with van der Waals surface area (Å²) in [5, 5.41) is 15.1. The van der Waals surface area contributed by atoms with Gasteiger partial charge in [0.2, 0.25) is 5.88 Å². The van der Waals surface area contributed by atoms with E-state index in [1.54, 1.807) is 31.0 Å². The molecule has 1 saturated heterocycles. The average molecular weight is 600 g/mol. The molecule has 2 aromatic carbocycles. The van der Waals surface area contributed by atoms with Crippen molar-refractivity contribution in [3.63, 3.8) is 0 Å². The van der Waals surface area contributed by atoms with Crippen LogP contribution in [0.3, 0.4) is 0 Å². The molecule has 2 unspecified atom stereocenters. The zero-order valence-electron chi connectivity index (χ0n) is 25.1. The van der Waals surface area contributed by atoms with Crippen LogP contribution in [0, 0.1) is 11.6 Å². The van der Waals surface area contributed by atoms with Gasteiger partial charge in [0.25, 0.3) is 0 Å². The van der Waals surface area contributed by atoms with Gasteiger partial charge in [-0.25, -0.2) is 18.7 Å². The highest BCUT2D eigenvalue weighted by atomic mass is 19.1. The van der Waals surface area contributed by atoms with Crippen molar-refractivity contribution in [2.45, 2.75) is 51.7 Å². The first-order chi connectivity index (χ1) is 21.3. The summed E-state index contributed by atoms with van der Waals surface area (Å²) in [7, 11) is 3.14. The van der Waals surface area contributed by atoms with Crippen LogP contribution in [0.15, 0.2) is 67.0 Å². The highest BCUT2D eigenvalue weighted by Gasteiger charge is 2.25. The number of fused-ring (bicyclic) bond motifs is 1. The molecule has 0 amide bonds. The minimum absolute atomic E-state index is 0.0685. The fourth-order valence-corrected chi connectivity index (χ4v) is 6.18. The summed E-state index contributed by atoms with van der Waals surface area (Å²) in [6.45, 7) is 4.71. The van der Waals surface area contributed by atoms with Crippen LogP contribution >= 0.6 is 0 Å². The Morgan fingerprint density at radius 3 is 2.39 bits per heavy atom.